The summed E-state index contributed by atoms with van der Waals surface area (Å²) < 4.78 is 38.8. The monoisotopic (exact) mass is 276 g/mol. The summed E-state index contributed by atoms with van der Waals surface area (Å²) in [5, 5.41) is -0.642. The molecule has 0 aliphatic heterocycles. The minimum Gasteiger partial charge on any atom is -0.389 e. The van der Waals surface area contributed by atoms with Crippen LogP contribution in [0.4, 0.5) is 10.1 Å². The van der Waals surface area contributed by atoms with Crippen LogP contribution in [0.2, 0.25) is 0 Å². The number of nitrogens with one attached hydrogen (secondary N) is 1. The zero-order valence-corrected chi connectivity index (χ0v) is 11.0. The average molecular weight is 276 g/mol. The van der Waals surface area contributed by atoms with E-state index in [1.807, 2.05) is 0 Å². The van der Waals surface area contributed by atoms with Crippen LogP contribution in [0.3, 0.4) is 0 Å². The van der Waals surface area contributed by atoms with Crippen molar-refractivity contribution in [1.29, 1.82) is 0 Å². The maximum absolute atomic E-state index is 13.6. The van der Waals surface area contributed by atoms with Crippen molar-refractivity contribution in [2.24, 2.45) is 5.73 Å². The second kappa shape index (κ2) is 4.97. The Hall–Kier alpha value is -1.21. The SMILES string of the molecule is CC(C)S(=O)(=O)Nc1ccc(C(N)=S)cc1F. The lowest BCUT2D eigenvalue weighted by Gasteiger charge is -2.11. The van der Waals surface area contributed by atoms with E-state index in [2.05, 4.69) is 16.9 Å². The van der Waals surface area contributed by atoms with Gasteiger partial charge in [-0.3, -0.25) is 4.72 Å². The second-order valence-corrected chi connectivity index (χ2v) is 6.43. The minimum absolute atomic E-state index is 0.0576. The van der Waals surface area contributed by atoms with Crippen LogP contribution in [-0.2, 0) is 10.0 Å². The van der Waals surface area contributed by atoms with Crippen LogP contribution in [0.1, 0.15) is 19.4 Å². The van der Waals surface area contributed by atoms with Crippen molar-refractivity contribution in [1.82, 2.24) is 0 Å². The summed E-state index contributed by atoms with van der Waals surface area (Å²) in [6.07, 6.45) is 0. The number of hydrogen-bond acceptors (Lipinski definition) is 3. The van der Waals surface area contributed by atoms with Gasteiger partial charge in [0.2, 0.25) is 10.0 Å². The van der Waals surface area contributed by atoms with Gasteiger partial charge >= 0.3 is 0 Å². The highest BCUT2D eigenvalue weighted by Crippen LogP contribution is 2.18. The van der Waals surface area contributed by atoms with Gasteiger partial charge in [-0.1, -0.05) is 12.2 Å². The molecule has 0 saturated heterocycles. The van der Waals surface area contributed by atoms with E-state index in [1.54, 1.807) is 0 Å². The van der Waals surface area contributed by atoms with E-state index < -0.39 is 21.1 Å². The minimum atomic E-state index is -3.56. The molecule has 0 aliphatic carbocycles. The molecule has 4 nitrogen and oxygen atoms in total. The third-order valence-electron chi connectivity index (χ3n) is 2.13. The molecule has 0 aliphatic rings. The van der Waals surface area contributed by atoms with Gasteiger partial charge in [0.05, 0.1) is 10.9 Å². The van der Waals surface area contributed by atoms with Crippen molar-refractivity contribution < 1.29 is 12.8 Å². The Kier molecular flexibility index (Phi) is 4.05. The van der Waals surface area contributed by atoms with Gasteiger partial charge in [0.25, 0.3) is 0 Å². The third kappa shape index (κ3) is 3.37. The van der Waals surface area contributed by atoms with Gasteiger partial charge in [0.15, 0.2) is 0 Å². The maximum Gasteiger partial charge on any atom is 0.235 e. The van der Waals surface area contributed by atoms with Crippen LogP contribution >= 0.6 is 12.2 Å². The van der Waals surface area contributed by atoms with E-state index in [0.717, 1.165) is 6.07 Å². The molecular weight excluding hydrogens is 263 g/mol. The second-order valence-electron chi connectivity index (χ2n) is 3.75. The quantitative estimate of drug-likeness (QED) is 0.820. The van der Waals surface area contributed by atoms with Gasteiger partial charge < -0.3 is 5.73 Å². The highest BCUT2D eigenvalue weighted by Gasteiger charge is 2.17. The van der Waals surface area contributed by atoms with E-state index in [9.17, 15) is 12.8 Å². The van der Waals surface area contributed by atoms with Gasteiger partial charge in [-0.25, -0.2) is 12.8 Å². The van der Waals surface area contributed by atoms with Crippen molar-refractivity contribution >= 4 is 32.9 Å². The molecular formula is C10H13FN2O2S2. The lowest BCUT2D eigenvalue weighted by atomic mass is 10.2. The Morgan fingerprint density at radius 2 is 2.06 bits per heavy atom. The lowest BCUT2D eigenvalue weighted by Crippen LogP contribution is -2.23. The Labute approximate surface area is 105 Å². The first-order valence-corrected chi connectivity index (χ1v) is 6.80. The maximum atomic E-state index is 13.6. The highest BCUT2D eigenvalue weighted by atomic mass is 32.2. The van der Waals surface area contributed by atoms with E-state index in [-0.39, 0.29) is 10.7 Å². The summed E-state index contributed by atoms with van der Waals surface area (Å²) in [4.78, 5) is 0.0576. The summed E-state index contributed by atoms with van der Waals surface area (Å²) >= 11 is 4.69. The van der Waals surface area contributed by atoms with E-state index in [4.69, 9.17) is 5.73 Å². The number of anilines is 1. The number of thiocarbonyl (C=S) groups is 1. The summed E-state index contributed by atoms with van der Waals surface area (Å²) in [7, 11) is -3.56. The van der Waals surface area contributed by atoms with Gasteiger partial charge in [-0.2, -0.15) is 0 Å². The van der Waals surface area contributed by atoms with Crippen LogP contribution in [0.25, 0.3) is 0 Å². The summed E-state index contributed by atoms with van der Waals surface area (Å²) in [5.41, 5.74) is 5.57. The molecule has 0 heterocycles. The number of rotatable bonds is 4. The van der Waals surface area contributed by atoms with Gasteiger partial charge in [-0.05, 0) is 32.0 Å². The number of benzene rings is 1. The molecule has 17 heavy (non-hydrogen) atoms. The van der Waals surface area contributed by atoms with Crippen LogP contribution in [0.15, 0.2) is 18.2 Å². The fourth-order valence-electron chi connectivity index (χ4n) is 1.02. The molecule has 0 atom stereocenters. The zero-order chi connectivity index (χ0) is 13.2. The van der Waals surface area contributed by atoms with Crippen molar-refractivity contribution in [3.8, 4) is 0 Å². The number of halogens is 1. The predicted molar refractivity (Wildman–Crippen MR) is 70.0 cm³/mol. The van der Waals surface area contributed by atoms with Crippen molar-refractivity contribution in [3.05, 3.63) is 29.6 Å². The van der Waals surface area contributed by atoms with Gasteiger partial charge in [0, 0.05) is 5.56 Å². The van der Waals surface area contributed by atoms with Crippen LogP contribution < -0.4 is 10.5 Å². The molecule has 1 rings (SSSR count). The average Bonchev–Trinajstić information content (AvgIpc) is 2.20. The van der Waals surface area contributed by atoms with Crippen molar-refractivity contribution in [2.75, 3.05) is 4.72 Å². The topological polar surface area (TPSA) is 72.2 Å². The molecule has 94 valence electrons. The molecule has 3 N–H and O–H groups in total. The molecule has 0 saturated carbocycles. The Balaban J connectivity index is 3.06. The Morgan fingerprint density at radius 3 is 2.47 bits per heavy atom. The molecule has 0 amide bonds. The first kappa shape index (κ1) is 13.9. The van der Waals surface area contributed by atoms with E-state index >= 15 is 0 Å². The molecule has 0 radical (unpaired) electrons. The first-order valence-electron chi connectivity index (χ1n) is 4.85. The lowest BCUT2D eigenvalue weighted by molar-refractivity contribution is 0.590. The third-order valence-corrected chi connectivity index (χ3v) is 4.11. The van der Waals surface area contributed by atoms with E-state index in [1.165, 1.54) is 26.0 Å². The highest BCUT2D eigenvalue weighted by molar-refractivity contribution is 7.93. The molecule has 0 aromatic heterocycles. The fraction of sp³-hybridized carbons (Fsp3) is 0.300. The normalized spacial score (nSPS) is 11.5. The number of hydrogen-bond donors (Lipinski definition) is 2. The van der Waals surface area contributed by atoms with Crippen LogP contribution in [-0.4, -0.2) is 18.7 Å². The Morgan fingerprint density at radius 1 is 1.47 bits per heavy atom. The van der Waals surface area contributed by atoms with Crippen molar-refractivity contribution in [3.63, 3.8) is 0 Å². The van der Waals surface area contributed by atoms with Gasteiger partial charge in [0.1, 0.15) is 10.8 Å². The molecule has 0 spiro atoms. The van der Waals surface area contributed by atoms with Crippen molar-refractivity contribution in [2.45, 2.75) is 19.1 Å². The first-order chi connectivity index (χ1) is 7.74. The number of sulfonamides is 1. The molecule has 1 aromatic carbocycles. The number of nitrogens with two attached hydrogens (primary N) is 1. The van der Waals surface area contributed by atoms with Crippen LogP contribution in [0.5, 0.6) is 0 Å². The Bertz CT molecular complexity index is 541. The van der Waals surface area contributed by atoms with Crippen LogP contribution in [0, 0.1) is 5.82 Å². The standard InChI is InChI=1S/C10H13FN2O2S2/c1-6(2)17(14,15)13-9-4-3-7(10(12)16)5-8(9)11/h3-6,13H,1-2H3,(H2,12,16). The summed E-state index contributed by atoms with van der Waals surface area (Å²) in [6, 6.07) is 3.86. The predicted octanol–water partition coefficient (Wildman–Crippen LogP) is 1.61. The van der Waals surface area contributed by atoms with Gasteiger partial charge in [-0.15, -0.1) is 0 Å². The molecule has 7 heteroatoms. The zero-order valence-electron chi connectivity index (χ0n) is 9.40. The molecule has 0 bridgehead atoms. The fourth-order valence-corrected chi connectivity index (χ4v) is 1.86. The summed E-state index contributed by atoms with van der Waals surface area (Å²) in [6.45, 7) is 3.01. The largest absolute Gasteiger partial charge is 0.389 e. The smallest absolute Gasteiger partial charge is 0.235 e. The molecule has 0 fully saturated rings. The van der Waals surface area contributed by atoms with E-state index in [0.29, 0.717) is 5.56 Å². The molecule has 0 unspecified atom stereocenters. The molecule has 1 aromatic rings. The summed E-state index contributed by atoms with van der Waals surface area (Å²) in [5.74, 6) is -0.709.